The van der Waals surface area contributed by atoms with E-state index < -0.39 is 15.1 Å². The number of allylic oxidation sites excluding steroid dienone is 1. The molecular weight excluding hydrogens is 256 g/mol. The van der Waals surface area contributed by atoms with E-state index in [0.29, 0.717) is 10.8 Å². The zero-order valence-electron chi connectivity index (χ0n) is 11.8. The van der Waals surface area contributed by atoms with E-state index >= 15 is 0 Å². The third kappa shape index (κ3) is 2.92. The Bertz CT molecular complexity index is 558. The summed E-state index contributed by atoms with van der Waals surface area (Å²) in [6.45, 7) is 6.26. The van der Waals surface area contributed by atoms with E-state index in [4.69, 9.17) is 0 Å². The average molecular weight is 278 g/mol. The van der Waals surface area contributed by atoms with Crippen LogP contribution in [0.15, 0.2) is 46.9 Å². The molecule has 1 aliphatic rings. The minimum absolute atomic E-state index is 0.155. The van der Waals surface area contributed by atoms with Gasteiger partial charge in [-0.25, -0.2) is 8.42 Å². The Hall–Kier alpha value is -1.09. The summed E-state index contributed by atoms with van der Waals surface area (Å²) in [5.74, 6) is 0.583. The van der Waals surface area contributed by atoms with E-state index in [1.807, 2.05) is 19.1 Å². The molecule has 0 heterocycles. The Balaban J connectivity index is 2.46. The van der Waals surface area contributed by atoms with Gasteiger partial charge in [0.25, 0.3) is 0 Å². The van der Waals surface area contributed by atoms with Gasteiger partial charge in [-0.1, -0.05) is 43.7 Å². The van der Waals surface area contributed by atoms with Crippen LogP contribution < -0.4 is 0 Å². The summed E-state index contributed by atoms with van der Waals surface area (Å²) in [5.41, 5.74) is 1.20. The molecule has 0 aliphatic heterocycles. The van der Waals surface area contributed by atoms with Crippen LogP contribution in [0.5, 0.6) is 0 Å². The van der Waals surface area contributed by atoms with Gasteiger partial charge in [0, 0.05) is 0 Å². The fourth-order valence-corrected chi connectivity index (χ4v) is 4.79. The van der Waals surface area contributed by atoms with Gasteiger partial charge >= 0.3 is 0 Å². The van der Waals surface area contributed by atoms with Crippen LogP contribution >= 0.6 is 0 Å². The SMILES string of the molecule is CC1=CC(S(=O)(=O)c2ccccc2)C(C)[C@H](C)CC1. The van der Waals surface area contributed by atoms with Crippen molar-refractivity contribution in [2.75, 3.05) is 0 Å². The monoisotopic (exact) mass is 278 g/mol. The Kier molecular flexibility index (Phi) is 4.14. The summed E-state index contributed by atoms with van der Waals surface area (Å²) in [6, 6.07) is 8.81. The number of benzene rings is 1. The van der Waals surface area contributed by atoms with Gasteiger partial charge in [-0.05, 0) is 43.7 Å². The highest BCUT2D eigenvalue weighted by Crippen LogP contribution is 2.34. The lowest BCUT2D eigenvalue weighted by atomic mass is 9.91. The van der Waals surface area contributed by atoms with Gasteiger partial charge in [-0.3, -0.25) is 0 Å². The first-order chi connectivity index (χ1) is 8.93. The summed E-state index contributed by atoms with van der Waals surface area (Å²) in [5, 5.41) is -0.396. The van der Waals surface area contributed by atoms with Crippen LogP contribution in [0.2, 0.25) is 0 Å². The summed E-state index contributed by atoms with van der Waals surface area (Å²) in [6.07, 6.45) is 4.05. The minimum atomic E-state index is -3.28. The quantitative estimate of drug-likeness (QED) is 0.770. The molecular formula is C16H22O2S. The van der Waals surface area contributed by atoms with Gasteiger partial charge in [0.05, 0.1) is 10.1 Å². The van der Waals surface area contributed by atoms with Crippen molar-refractivity contribution < 1.29 is 8.42 Å². The van der Waals surface area contributed by atoms with Gasteiger partial charge in [0.1, 0.15) is 0 Å². The summed E-state index contributed by atoms with van der Waals surface area (Å²) in [7, 11) is -3.28. The molecule has 2 rings (SSSR count). The molecule has 19 heavy (non-hydrogen) atoms. The molecule has 0 fully saturated rings. The van der Waals surface area contributed by atoms with Gasteiger partial charge < -0.3 is 0 Å². The fraction of sp³-hybridized carbons (Fsp3) is 0.500. The Labute approximate surface area is 116 Å². The molecule has 0 bridgehead atoms. The number of hydrogen-bond acceptors (Lipinski definition) is 2. The van der Waals surface area contributed by atoms with Crippen LogP contribution in [0.1, 0.15) is 33.6 Å². The molecule has 1 aromatic carbocycles. The van der Waals surface area contributed by atoms with Gasteiger partial charge in [-0.2, -0.15) is 0 Å². The van der Waals surface area contributed by atoms with E-state index in [2.05, 4.69) is 13.8 Å². The van der Waals surface area contributed by atoms with Crippen molar-refractivity contribution in [1.29, 1.82) is 0 Å². The number of hydrogen-bond donors (Lipinski definition) is 0. The smallest absolute Gasteiger partial charge is 0.185 e. The number of sulfone groups is 1. The van der Waals surface area contributed by atoms with Crippen LogP contribution in [0.25, 0.3) is 0 Å². The molecule has 104 valence electrons. The molecule has 3 heteroatoms. The zero-order chi connectivity index (χ0) is 14.0. The maximum absolute atomic E-state index is 12.8. The molecule has 0 spiro atoms. The second-order valence-electron chi connectivity index (χ2n) is 5.71. The van der Waals surface area contributed by atoms with E-state index in [1.54, 1.807) is 24.3 Å². The molecule has 1 aromatic rings. The standard InChI is InChI=1S/C16H22O2S/c1-12-9-10-13(2)14(3)16(11-12)19(17,18)15-7-5-4-6-8-15/h4-8,11,13-14,16H,9-10H2,1-3H3/t13-,14?,16?/m1/s1. The molecule has 1 aliphatic carbocycles. The van der Waals surface area contributed by atoms with Gasteiger partial charge in [0.2, 0.25) is 0 Å². The molecule has 2 nitrogen and oxygen atoms in total. The van der Waals surface area contributed by atoms with Crippen molar-refractivity contribution in [3.63, 3.8) is 0 Å². The fourth-order valence-electron chi connectivity index (χ4n) is 2.70. The van der Waals surface area contributed by atoms with E-state index in [9.17, 15) is 8.42 Å². The van der Waals surface area contributed by atoms with Crippen LogP contribution in [0.4, 0.5) is 0 Å². The molecule has 0 N–H and O–H groups in total. The maximum Gasteiger partial charge on any atom is 0.185 e. The third-order valence-corrected chi connectivity index (χ3v) is 6.50. The van der Waals surface area contributed by atoms with Crippen molar-refractivity contribution in [2.24, 2.45) is 11.8 Å². The lowest BCUT2D eigenvalue weighted by Gasteiger charge is -2.24. The highest BCUT2D eigenvalue weighted by atomic mass is 32.2. The van der Waals surface area contributed by atoms with Crippen LogP contribution in [-0.4, -0.2) is 13.7 Å². The first-order valence-corrected chi connectivity index (χ1v) is 8.44. The molecule has 0 saturated heterocycles. The van der Waals surface area contributed by atoms with Gasteiger partial charge in [-0.15, -0.1) is 0 Å². The Morgan fingerprint density at radius 3 is 2.37 bits per heavy atom. The number of rotatable bonds is 2. The summed E-state index contributed by atoms with van der Waals surface area (Å²) in [4.78, 5) is 0.435. The topological polar surface area (TPSA) is 34.1 Å². The molecule has 0 radical (unpaired) electrons. The minimum Gasteiger partial charge on any atom is -0.223 e. The first-order valence-electron chi connectivity index (χ1n) is 6.89. The predicted octanol–water partition coefficient (Wildman–Crippen LogP) is 3.84. The Morgan fingerprint density at radius 2 is 1.74 bits per heavy atom. The zero-order valence-corrected chi connectivity index (χ0v) is 12.7. The average Bonchev–Trinajstić information content (AvgIpc) is 2.53. The highest BCUT2D eigenvalue weighted by Gasteiger charge is 2.34. The maximum atomic E-state index is 12.8. The van der Waals surface area contributed by atoms with E-state index in [0.717, 1.165) is 12.8 Å². The van der Waals surface area contributed by atoms with Crippen molar-refractivity contribution in [3.8, 4) is 0 Å². The normalized spacial score (nSPS) is 28.6. The van der Waals surface area contributed by atoms with Crippen molar-refractivity contribution >= 4 is 9.84 Å². The largest absolute Gasteiger partial charge is 0.223 e. The van der Waals surface area contributed by atoms with E-state index in [1.165, 1.54) is 5.57 Å². The van der Waals surface area contributed by atoms with Crippen molar-refractivity contribution in [1.82, 2.24) is 0 Å². The van der Waals surface area contributed by atoms with Crippen molar-refractivity contribution in [2.45, 2.75) is 43.8 Å². The second-order valence-corrected chi connectivity index (χ2v) is 7.82. The van der Waals surface area contributed by atoms with Gasteiger partial charge in [0.15, 0.2) is 9.84 Å². The Morgan fingerprint density at radius 1 is 1.11 bits per heavy atom. The lowest BCUT2D eigenvalue weighted by molar-refractivity contribution is 0.376. The van der Waals surface area contributed by atoms with Crippen LogP contribution in [0, 0.1) is 11.8 Å². The van der Waals surface area contributed by atoms with E-state index in [-0.39, 0.29) is 5.92 Å². The summed E-state index contributed by atoms with van der Waals surface area (Å²) >= 11 is 0. The summed E-state index contributed by atoms with van der Waals surface area (Å²) < 4.78 is 25.6. The van der Waals surface area contributed by atoms with Crippen LogP contribution in [-0.2, 0) is 9.84 Å². The molecule has 0 amide bonds. The first kappa shape index (κ1) is 14.3. The highest BCUT2D eigenvalue weighted by molar-refractivity contribution is 7.92. The predicted molar refractivity (Wildman–Crippen MR) is 78.7 cm³/mol. The molecule has 2 unspecified atom stereocenters. The molecule has 0 saturated carbocycles. The van der Waals surface area contributed by atoms with Crippen molar-refractivity contribution in [3.05, 3.63) is 42.0 Å². The molecule has 0 aromatic heterocycles. The molecule has 3 atom stereocenters. The lowest BCUT2D eigenvalue weighted by Crippen LogP contribution is -2.29. The third-order valence-electron chi connectivity index (χ3n) is 4.29. The second kappa shape index (κ2) is 5.49. The van der Waals surface area contributed by atoms with Crippen LogP contribution in [0.3, 0.4) is 0 Å².